The topological polar surface area (TPSA) is 32.3 Å². The number of fused-ring (bicyclic) bond motifs is 1. The zero-order valence-electron chi connectivity index (χ0n) is 12.2. The van der Waals surface area contributed by atoms with Gasteiger partial charge >= 0.3 is 0 Å². The normalized spacial score (nSPS) is 17.3. The lowest BCUT2D eigenvalue weighted by Gasteiger charge is -2.21. The monoisotopic (exact) mass is 260 g/mol. The summed E-state index contributed by atoms with van der Waals surface area (Å²) in [6.07, 6.45) is 2.22. The van der Waals surface area contributed by atoms with E-state index in [1.165, 1.54) is 16.7 Å². The number of amides is 1. The molecule has 1 aliphatic rings. The molecule has 19 heavy (non-hydrogen) atoms. The van der Waals surface area contributed by atoms with Gasteiger partial charge in [0.1, 0.15) is 0 Å². The van der Waals surface area contributed by atoms with Gasteiger partial charge in [-0.05, 0) is 44.7 Å². The molecule has 0 aliphatic heterocycles. The van der Waals surface area contributed by atoms with E-state index in [0.717, 1.165) is 25.9 Å². The summed E-state index contributed by atoms with van der Waals surface area (Å²) in [7, 11) is 0. The molecule has 3 heteroatoms. The lowest BCUT2D eigenvalue weighted by Crippen LogP contribution is -2.38. The standard InChI is InChI=1S/C16H24N2O/c1-4-18(5-2)16(19)11-17-15-9-8-13-7-6-12(3)10-14(13)15/h6-7,10,15,17H,4-5,8-9,11H2,1-3H3. The number of hydrogen-bond acceptors (Lipinski definition) is 2. The van der Waals surface area contributed by atoms with Crippen molar-refractivity contribution in [1.82, 2.24) is 10.2 Å². The van der Waals surface area contributed by atoms with Gasteiger partial charge in [-0.25, -0.2) is 0 Å². The number of aryl methyl sites for hydroxylation is 2. The van der Waals surface area contributed by atoms with Crippen LogP contribution in [0.1, 0.15) is 43.0 Å². The van der Waals surface area contributed by atoms with E-state index in [1.54, 1.807) is 0 Å². The van der Waals surface area contributed by atoms with E-state index in [0.29, 0.717) is 12.6 Å². The molecule has 104 valence electrons. The van der Waals surface area contributed by atoms with Crippen molar-refractivity contribution in [3.63, 3.8) is 0 Å². The van der Waals surface area contributed by atoms with Gasteiger partial charge < -0.3 is 10.2 Å². The van der Waals surface area contributed by atoms with Crippen LogP contribution in [-0.2, 0) is 11.2 Å². The Balaban J connectivity index is 1.96. The van der Waals surface area contributed by atoms with Crippen molar-refractivity contribution in [2.75, 3.05) is 19.6 Å². The summed E-state index contributed by atoms with van der Waals surface area (Å²) in [4.78, 5) is 13.9. The largest absolute Gasteiger partial charge is 0.342 e. The Hall–Kier alpha value is -1.35. The lowest BCUT2D eigenvalue weighted by molar-refractivity contribution is -0.130. The summed E-state index contributed by atoms with van der Waals surface area (Å²) in [5.41, 5.74) is 4.10. The Morgan fingerprint density at radius 2 is 2.11 bits per heavy atom. The summed E-state index contributed by atoms with van der Waals surface area (Å²) < 4.78 is 0. The first-order chi connectivity index (χ1) is 9.15. The summed E-state index contributed by atoms with van der Waals surface area (Å²) in [6, 6.07) is 6.98. The third-order valence-electron chi connectivity index (χ3n) is 3.99. The maximum atomic E-state index is 12.0. The van der Waals surface area contributed by atoms with Crippen LogP contribution in [0.3, 0.4) is 0 Å². The van der Waals surface area contributed by atoms with Crippen LogP contribution < -0.4 is 5.32 Å². The third kappa shape index (κ3) is 3.16. The molecule has 0 saturated heterocycles. The molecule has 1 aromatic carbocycles. The minimum absolute atomic E-state index is 0.200. The predicted molar refractivity (Wildman–Crippen MR) is 78.2 cm³/mol. The first kappa shape index (κ1) is 14.1. The van der Waals surface area contributed by atoms with E-state index in [1.807, 2.05) is 18.7 Å². The highest BCUT2D eigenvalue weighted by atomic mass is 16.2. The second-order valence-corrected chi connectivity index (χ2v) is 5.24. The number of carbonyl (C=O) groups excluding carboxylic acids is 1. The van der Waals surface area contributed by atoms with Crippen LogP contribution in [0.2, 0.25) is 0 Å². The smallest absolute Gasteiger partial charge is 0.236 e. The molecular weight excluding hydrogens is 236 g/mol. The van der Waals surface area contributed by atoms with Gasteiger partial charge in [-0.15, -0.1) is 0 Å². The molecule has 1 unspecified atom stereocenters. The van der Waals surface area contributed by atoms with Gasteiger partial charge in [-0.2, -0.15) is 0 Å². The first-order valence-electron chi connectivity index (χ1n) is 7.26. The molecule has 0 bridgehead atoms. The molecule has 0 saturated carbocycles. The third-order valence-corrected chi connectivity index (χ3v) is 3.99. The van der Waals surface area contributed by atoms with Gasteiger partial charge in [0.25, 0.3) is 0 Å². The molecule has 1 amide bonds. The summed E-state index contributed by atoms with van der Waals surface area (Å²) in [5.74, 6) is 0.200. The first-order valence-corrected chi connectivity index (χ1v) is 7.26. The van der Waals surface area contributed by atoms with Crippen molar-refractivity contribution >= 4 is 5.91 Å². The predicted octanol–water partition coefficient (Wildman–Crippen LogP) is 2.44. The highest BCUT2D eigenvalue weighted by Gasteiger charge is 2.23. The van der Waals surface area contributed by atoms with Gasteiger partial charge in [-0.3, -0.25) is 4.79 Å². The van der Waals surface area contributed by atoms with Crippen LogP contribution in [0.25, 0.3) is 0 Å². The molecule has 1 N–H and O–H groups in total. The highest BCUT2D eigenvalue weighted by molar-refractivity contribution is 5.78. The van der Waals surface area contributed by atoms with Crippen molar-refractivity contribution in [2.45, 2.75) is 39.7 Å². The molecule has 0 radical (unpaired) electrons. The van der Waals surface area contributed by atoms with Gasteiger partial charge in [0.15, 0.2) is 0 Å². The van der Waals surface area contributed by atoms with Crippen LogP contribution >= 0.6 is 0 Å². The molecule has 3 nitrogen and oxygen atoms in total. The van der Waals surface area contributed by atoms with E-state index < -0.39 is 0 Å². The quantitative estimate of drug-likeness (QED) is 0.882. The van der Waals surface area contributed by atoms with Crippen LogP contribution in [-0.4, -0.2) is 30.4 Å². The van der Waals surface area contributed by atoms with Crippen LogP contribution in [0.4, 0.5) is 0 Å². The van der Waals surface area contributed by atoms with Crippen molar-refractivity contribution in [3.05, 3.63) is 34.9 Å². The number of likely N-dealkylation sites (N-methyl/N-ethyl adjacent to an activating group) is 1. The van der Waals surface area contributed by atoms with Gasteiger partial charge in [0.05, 0.1) is 6.54 Å². The van der Waals surface area contributed by atoms with Crippen molar-refractivity contribution in [3.8, 4) is 0 Å². The second kappa shape index (κ2) is 6.20. The minimum atomic E-state index is 0.200. The fraction of sp³-hybridized carbons (Fsp3) is 0.562. The number of rotatable bonds is 5. The number of nitrogens with zero attached hydrogens (tertiary/aromatic N) is 1. The van der Waals surface area contributed by atoms with E-state index in [-0.39, 0.29) is 5.91 Å². The van der Waals surface area contributed by atoms with Crippen molar-refractivity contribution in [2.24, 2.45) is 0 Å². The number of nitrogens with one attached hydrogen (secondary N) is 1. The fourth-order valence-corrected chi connectivity index (χ4v) is 2.83. The number of carbonyl (C=O) groups is 1. The summed E-state index contributed by atoms with van der Waals surface area (Å²) >= 11 is 0. The Labute approximate surface area is 116 Å². The number of hydrogen-bond donors (Lipinski definition) is 1. The van der Waals surface area contributed by atoms with Crippen molar-refractivity contribution < 1.29 is 4.79 Å². The lowest BCUT2D eigenvalue weighted by atomic mass is 10.1. The molecule has 0 heterocycles. The summed E-state index contributed by atoms with van der Waals surface area (Å²) in [5, 5.41) is 3.42. The summed E-state index contributed by atoms with van der Waals surface area (Å²) in [6.45, 7) is 8.19. The van der Waals surface area contributed by atoms with E-state index in [2.05, 4.69) is 30.4 Å². The number of benzene rings is 1. The Bertz CT molecular complexity index is 452. The molecule has 1 aliphatic carbocycles. The van der Waals surface area contributed by atoms with E-state index in [9.17, 15) is 4.79 Å². The minimum Gasteiger partial charge on any atom is -0.342 e. The SMILES string of the molecule is CCN(CC)C(=O)CNC1CCc2ccc(C)cc21. The van der Waals surface area contributed by atoms with Crippen LogP contribution in [0.5, 0.6) is 0 Å². The maximum Gasteiger partial charge on any atom is 0.236 e. The molecule has 2 rings (SSSR count). The zero-order chi connectivity index (χ0) is 13.8. The van der Waals surface area contributed by atoms with Crippen LogP contribution in [0, 0.1) is 6.92 Å². The molecule has 1 atom stereocenters. The van der Waals surface area contributed by atoms with Gasteiger partial charge in [-0.1, -0.05) is 23.8 Å². The Kier molecular flexibility index (Phi) is 4.59. The van der Waals surface area contributed by atoms with E-state index >= 15 is 0 Å². The van der Waals surface area contributed by atoms with E-state index in [4.69, 9.17) is 0 Å². The maximum absolute atomic E-state index is 12.0. The Morgan fingerprint density at radius 1 is 1.37 bits per heavy atom. The van der Waals surface area contributed by atoms with Crippen LogP contribution in [0.15, 0.2) is 18.2 Å². The Morgan fingerprint density at radius 3 is 2.79 bits per heavy atom. The molecule has 0 fully saturated rings. The second-order valence-electron chi connectivity index (χ2n) is 5.24. The molecule has 0 spiro atoms. The average Bonchev–Trinajstić information content (AvgIpc) is 2.80. The van der Waals surface area contributed by atoms with Gasteiger partial charge in [0.2, 0.25) is 5.91 Å². The molecular formula is C16H24N2O. The fourth-order valence-electron chi connectivity index (χ4n) is 2.83. The van der Waals surface area contributed by atoms with Gasteiger partial charge in [0, 0.05) is 19.1 Å². The van der Waals surface area contributed by atoms with Crippen molar-refractivity contribution in [1.29, 1.82) is 0 Å². The highest BCUT2D eigenvalue weighted by Crippen LogP contribution is 2.31. The zero-order valence-corrected chi connectivity index (χ0v) is 12.2. The molecule has 1 aromatic rings. The average molecular weight is 260 g/mol. The molecule has 0 aromatic heterocycles.